The van der Waals surface area contributed by atoms with Gasteiger partial charge in [-0.05, 0) is 31.2 Å². The number of fused-ring (bicyclic) bond motifs is 1. The van der Waals surface area contributed by atoms with Crippen molar-refractivity contribution in [3.8, 4) is 17.2 Å². The van der Waals surface area contributed by atoms with Crippen LogP contribution in [0.5, 0.6) is 17.2 Å². The molecule has 0 fully saturated rings. The van der Waals surface area contributed by atoms with Crippen LogP contribution in [-0.2, 0) is 6.54 Å². The van der Waals surface area contributed by atoms with Crippen molar-refractivity contribution in [1.82, 2.24) is 9.55 Å². The number of hydrogen-bond donors (Lipinski definition) is 1. The fraction of sp³-hybridized carbons (Fsp3) is 0.278. The summed E-state index contributed by atoms with van der Waals surface area (Å²) in [5.74, 6) is 3.07. The number of anilines is 1. The van der Waals surface area contributed by atoms with Crippen LogP contribution in [0.25, 0.3) is 11.0 Å². The zero-order valence-electron chi connectivity index (χ0n) is 14.1. The van der Waals surface area contributed by atoms with Crippen LogP contribution in [0.4, 0.5) is 5.69 Å². The first-order valence-corrected chi connectivity index (χ1v) is 7.69. The van der Waals surface area contributed by atoms with E-state index < -0.39 is 0 Å². The zero-order valence-corrected chi connectivity index (χ0v) is 14.1. The van der Waals surface area contributed by atoms with Crippen LogP contribution in [0.1, 0.15) is 5.82 Å². The predicted octanol–water partition coefficient (Wildman–Crippen LogP) is 3.02. The molecule has 0 saturated heterocycles. The molecule has 24 heavy (non-hydrogen) atoms. The van der Waals surface area contributed by atoms with Gasteiger partial charge >= 0.3 is 0 Å². The van der Waals surface area contributed by atoms with Gasteiger partial charge in [-0.25, -0.2) is 4.98 Å². The molecule has 3 rings (SSSR count). The van der Waals surface area contributed by atoms with Crippen LogP contribution in [0.15, 0.2) is 36.4 Å². The normalized spacial score (nSPS) is 10.8. The first-order valence-electron chi connectivity index (χ1n) is 7.69. The van der Waals surface area contributed by atoms with Gasteiger partial charge in [0.15, 0.2) is 11.5 Å². The van der Waals surface area contributed by atoms with Gasteiger partial charge in [-0.3, -0.25) is 0 Å². The van der Waals surface area contributed by atoms with Crippen LogP contribution in [0, 0.1) is 6.92 Å². The highest BCUT2D eigenvalue weighted by atomic mass is 16.5. The lowest BCUT2D eigenvalue weighted by molar-refractivity contribution is 0.299. The molecule has 1 aromatic heterocycles. The van der Waals surface area contributed by atoms with Gasteiger partial charge < -0.3 is 24.5 Å². The number of rotatable bonds is 6. The third-order valence-electron chi connectivity index (χ3n) is 3.91. The highest BCUT2D eigenvalue weighted by molar-refractivity contribution is 5.80. The summed E-state index contributed by atoms with van der Waals surface area (Å²) in [4.78, 5) is 4.59. The molecule has 0 spiro atoms. The fourth-order valence-corrected chi connectivity index (χ4v) is 2.67. The van der Waals surface area contributed by atoms with Gasteiger partial charge in [-0.15, -0.1) is 0 Å². The minimum atomic E-state index is 0.532. The van der Waals surface area contributed by atoms with E-state index >= 15 is 0 Å². The molecule has 1 heterocycles. The molecule has 2 aromatic carbocycles. The van der Waals surface area contributed by atoms with Crippen molar-refractivity contribution in [3.63, 3.8) is 0 Å². The Morgan fingerprint density at radius 1 is 1.04 bits per heavy atom. The molecule has 6 heteroatoms. The molecule has 0 bridgehead atoms. The number of methoxy groups -OCH3 is 2. The van der Waals surface area contributed by atoms with Crippen molar-refractivity contribution in [2.24, 2.45) is 0 Å². The second-order valence-corrected chi connectivity index (χ2v) is 5.42. The summed E-state index contributed by atoms with van der Waals surface area (Å²) in [6.45, 7) is 3.19. The van der Waals surface area contributed by atoms with Crippen LogP contribution in [0.3, 0.4) is 0 Å². The van der Waals surface area contributed by atoms with Crippen molar-refractivity contribution < 1.29 is 14.2 Å². The average molecular weight is 327 g/mol. The number of aromatic nitrogens is 2. The quantitative estimate of drug-likeness (QED) is 0.705. The van der Waals surface area contributed by atoms with Gasteiger partial charge in [0.25, 0.3) is 0 Å². The lowest BCUT2D eigenvalue weighted by Crippen LogP contribution is -2.09. The number of ether oxygens (including phenoxy) is 3. The maximum absolute atomic E-state index is 5.78. The summed E-state index contributed by atoms with van der Waals surface area (Å²) < 4.78 is 18.6. The van der Waals surface area contributed by atoms with E-state index in [1.54, 1.807) is 14.2 Å². The molecule has 0 aliphatic carbocycles. The van der Waals surface area contributed by atoms with E-state index in [1.165, 1.54) is 0 Å². The Kier molecular flexibility index (Phi) is 4.46. The van der Waals surface area contributed by atoms with Gasteiger partial charge in [0.2, 0.25) is 0 Å². The van der Waals surface area contributed by atoms with E-state index in [2.05, 4.69) is 9.55 Å². The number of benzene rings is 2. The molecule has 0 atom stereocenters. The molecule has 0 amide bonds. The number of imidazole rings is 1. The smallest absolute Gasteiger partial charge is 0.163 e. The lowest BCUT2D eigenvalue weighted by Gasteiger charge is -2.11. The molecule has 0 aliphatic rings. The van der Waals surface area contributed by atoms with Gasteiger partial charge in [0.05, 0.1) is 31.8 Å². The third-order valence-corrected chi connectivity index (χ3v) is 3.91. The van der Waals surface area contributed by atoms with Crippen molar-refractivity contribution in [2.75, 3.05) is 26.6 Å². The van der Waals surface area contributed by atoms with Crippen molar-refractivity contribution >= 4 is 16.7 Å². The van der Waals surface area contributed by atoms with Crippen LogP contribution in [-0.4, -0.2) is 30.4 Å². The largest absolute Gasteiger partial charge is 0.493 e. The fourth-order valence-electron chi connectivity index (χ4n) is 2.67. The number of nitrogens with two attached hydrogens (primary N) is 1. The number of nitrogen functional groups attached to an aromatic ring is 1. The molecular weight excluding hydrogens is 306 g/mol. The second kappa shape index (κ2) is 6.70. The lowest BCUT2D eigenvalue weighted by atomic mass is 10.2. The van der Waals surface area contributed by atoms with E-state index in [9.17, 15) is 0 Å². The van der Waals surface area contributed by atoms with Gasteiger partial charge in [-0.2, -0.15) is 0 Å². The maximum Gasteiger partial charge on any atom is 0.163 e. The third kappa shape index (κ3) is 3.08. The highest BCUT2D eigenvalue weighted by Crippen LogP contribution is 2.32. The maximum atomic E-state index is 5.78. The van der Waals surface area contributed by atoms with Crippen molar-refractivity contribution in [3.05, 3.63) is 42.2 Å². The van der Waals surface area contributed by atoms with Crippen LogP contribution < -0.4 is 19.9 Å². The Bertz CT molecular complexity index is 841. The molecule has 0 radical (unpaired) electrons. The standard InChI is InChI=1S/C18H21N3O3/c1-12-20-15-10-17(22-2)18(23-3)11-16(15)21(12)8-9-24-14-6-4-13(19)5-7-14/h4-7,10-11H,8-9,19H2,1-3H3. The summed E-state index contributed by atoms with van der Waals surface area (Å²) in [7, 11) is 3.25. The Labute approximate surface area is 140 Å². The number of aryl methyl sites for hydroxylation is 1. The molecule has 2 N–H and O–H groups in total. The van der Waals surface area contributed by atoms with E-state index in [0.29, 0.717) is 24.7 Å². The van der Waals surface area contributed by atoms with E-state index in [-0.39, 0.29) is 0 Å². The van der Waals surface area contributed by atoms with Crippen molar-refractivity contribution in [2.45, 2.75) is 13.5 Å². The van der Waals surface area contributed by atoms with Gasteiger partial charge in [0, 0.05) is 17.8 Å². The molecule has 126 valence electrons. The van der Waals surface area contributed by atoms with Crippen LogP contribution >= 0.6 is 0 Å². The Morgan fingerprint density at radius 3 is 2.38 bits per heavy atom. The second-order valence-electron chi connectivity index (χ2n) is 5.42. The first-order chi connectivity index (χ1) is 11.6. The summed E-state index contributed by atoms with van der Waals surface area (Å²) in [5.41, 5.74) is 8.26. The molecule has 0 aliphatic heterocycles. The topological polar surface area (TPSA) is 71.5 Å². The summed E-state index contributed by atoms with van der Waals surface area (Å²) >= 11 is 0. The van der Waals surface area contributed by atoms with E-state index in [0.717, 1.165) is 28.3 Å². The Morgan fingerprint density at radius 2 is 1.71 bits per heavy atom. The highest BCUT2D eigenvalue weighted by Gasteiger charge is 2.13. The monoisotopic (exact) mass is 327 g/mol. The summed E-state index contributed by atoms with van der Waals surface area (Å²) in [6.07, 6.45) is 0. The summed E-state index contributed by atoms with van der Waals surface area (Å²) in [5, 5.41) is 0. The van der Waals surface area contributed by atoms with Crippen LogP contribution in [0.2, 0.25) is 0 Å². The number of hydrogen-bond acceptors (Lipinski definition) is 5. The average Bonchev–Trinajstić information content (AvgIpc) is 2.90. The Balaban J connectivity index is 1.80. The minimum absolute atomic E-state index is 0.532. The molecule has 3 aromatic rings. The zero-order chi connectivity index (χ0) is 17.1. The number of nitrogens with zero attached hydrogens (tertiary/aromatic N) is 2. The minimum Gasteiger partial charge on any atom is -0.493 e. The summed E-state index contributed by atoms with van der Waals surface area (Å²) in [6, 6.07) is 11.2. The van der Waals surface area contributed by atoms with Crippen molar-refractivity contribution in [1.29, 1.82) is 0 Å². The first kappa shape index (κ1) is 16.0. The predicted molar refractivity (Wildman–Crippen MR) is 93.9 cm³/mol. The Hall–Kier alpha value is -2.89. The molecule has 0 saturated carbocycles. The molecule has 0 unspecified atom stereocenters. The van der Waals surface area contributed by atoms with E-state index in [4.69, 9.17) is 19.9 Å². The van der Waals surface area contributed by atoms with Gasteiger partial charge in [0.1, 0.15) is 18.2 Å². The van der Waals surface area contributed by atoms with E-state index in [1.807, 2.05) is 43.3 Å². The van der Waals surface area contributed by atoms with Gasteiger partial charge in [-0.1, -0.05) is 0 Å². The molecular formula is C18H21N3O3. The molecule has 6 nitrogen and oxygen atoms in total. The SMILES string of the molecule is COc1cc2nc(C)n(CCOc3ccc(N)cc3)c2cc1OC.